The number of phenolic OH excluding ortho intramolecular Hbond substituents is 1. The summed E-state index contributed by atoms with van der Waals surface area (Å²) in [4.78, 5) is 54.8. The van der Waals surface area contributed by atoms with Gasteiger partial charge in [-0.1, -0.05) is 23.1 Å². The van der Waals surface area contributed by atoms with Gasteiger partial charge in [-0.15, -0.1) is 0 Å². The Kier molecular flexibility index (Phi) is 6.28. The number of thiazole rings is 1. The van der Waals surface area contributed by atoms with Gasteiger partial charge in [-0.3, -0.25) is 23.7 Å². The predicted molar refractivity (Wildman–Crippen MR) is 144 cm³/mol. The summed E-state index contributed by atoms with van der Waals surface area (Å²) in [5.74, 6) is -1.57. The summed E-state index contributed by atoms with van der Waals surface area (Å²) in [6.07, 6.45) is 1.49. The molecule has 1 saturated heterocycles. The minimum atomic E-state index is -0.817. The molecule has 0 saturated carbocycles. The Morgan fingerprint density at radius 3 is 2.46 bits per heavy atom. The fraction of sp³-hybridized carbons (Fsp3) is 0.185. The van der Waals surface area contributed by atoms with Crippen LogP contribution in [0.25, 0.3) is 0 Å². The maximum atomic E-state index is 13.8. The quantitative estimate of drug-likeness (QED) is 0.269. The molecule has 39 heavy (non-hydrogen) atoms. The lowest BCUT2D eigenvalue weighted by Gasteiger charge is -2.29. The van der Waals surface area contributed by atoms with Gasteiger partial charge in [-0.05, 0) is 60.7 Å². The highest BCUT2D eigenvalue weighted by atomic mass is 32.2. The van der Waals surface area contributed by atoms with Crippen molar-refractivity contribution in [2.24, 2.45) is 5.92 Å². The molecule has 2 aromatic heterocycles. The molecule has 3 amide bonds. The normalized spacial score (nSPS) is 20.0. The van der Waals surface area contributed by atoms with Gasteiger partial charge in [0.1, 0.15) is 29.1 Å². The topological polar surface area (TPSA) is 131 Å². The molecule has 198 valence electrons. The molecule has 2 aliphatic rings. The third-order valence-corrected chi connectivity index (χ3v) is 9.29. The first-order chi connectivity index (χ1) is 18.9. The molecule has 2 N–H and O–H groups in total. The van der Waals surface area contributed by atoms with Gasteiger partial charge in [0.15, 0.2) is 0 Å². The number of fused-ring (bicyclic) bond motifs is 2. The van der Waals surface area contributed by atoms with E-state index in [1.807, 2.05) is 0 Å². The van der Waals surface area contributed by atoms with E-state index in [1.165, 1.54) is 35.0 Å². The molecular weight excluding hydrogens is 542 g/mol. The Morgan fingerprint density at radius 2 is 1.79 bits per heavy atom. The fourth-order valence-corrected chi connectivity index (χ4v) is 7.66. The number of phenols is 1. The van der Waals surface area contributed by atoms with E-state index in [-0.39, 0.29) is 23.1 Å². The smallest absolute Gasteiger partial charge is 0.308 e. The number of anilines is 2. The lowest BCUT2D eigenvalue weighted by molar-refractivity contribution is -0.122. The van der Waals surface area contributed by atoms with Gasteiger partial charge >= 0.3 is 4.87 Å². The third kappa shape index (κ3) is 4.31. The Morgan fingerprint density at radius 1 is 1.05 bits per heavy atom. The molecule has 12 heteroatoms. The van der Waals surface area contributed by atoms with Gasteiger partial charge in [-0.25, -0.2) is 4.90 Å². The number of methoxy groups -OCH3 is 1. The molecule has 0 aliphatic carbocycles. The van der Waals surface area contributed by atoms with Crippen LogP contribution >= 0.6 is 23.1 Å². The zero-order valence-corrected chi connectivity index (χ0v) is 22.0. The third-order valence-electron chi connectivity index (χ3n) is 6.68. The molecule has 10 nitrogen and oxygen atoms in total. The molecular formula is C27H21N3O7S2. The molecule has 2 aliphatic heterocycles. The summed E-state index contributed by atoms with van der Waals surface area (Å²) in [6.45, 7) is -0.287. The summed E-state index contributed by atoms with van der Waals surface area (Å²) in [7, 11) is 1.53. The van der Waals surface area contributed by atoms with Crippen LogP contribution < -0.4 is 19.8 Å². The van der Waals surface area contributed by atoms with Gasteiger partial charge in [0.2, 0.25) is 17.7 Å². The van der Waals surface area contributed by atoms with Crippen LogP contribution in [0.5, 0.6) is 11.5 Å². The highest BCUT2D eigenvalue weighted by Gasteiger charge is 2.57. The first-order valence-electron chi connectivity index (χ1n) is 11.9. The van der Waals surface area contributed by atoms with Crippen molar-refractivity contribution in [3.8, 4) is 11.5 Å². The van der Waals surface area contributed by atoms with E-state index < -0.39 is 28.9 Å². The van der Waals surface area contributed by atoms with Crippen LogP contribution in [0, 0.1) is 5.92 Å². The van der Waals surface area contributed by atoms with Gasteiger partial charge in [0.05, 0.1) is 40.8 Å². The average Bonchev–Trinajstić information content (AvgIpc) is 3.63. The number of nitrogens with one attached hydrogen (secondary N) is 1. The van der Waals surface area contributed by atoms with E-state index in [2.05, 4.69) is 5.32 Å². The van der Waals surface area contributed by atoms with Crippen molar-refractivity contribution in [2.45, 2.75) is 22.7 Å². The van der Waals surface area contributed by atoms with Crippen molar-refractivity contribution < 1.29 is 28.6 Å². The van der Waals surface area contributed by atoms with Crippen LogP contribution in [-0.2, 0) is 20.9 Å². The summed E-state index contributed by atoms with van der Waals surface area (Å²) < 4.78 is 12.2. The number of hydrogen-bond acceptors (Lipinski definition) is 9. The highest BCUT2D eigenvalue weighted by molar-refractivity contribution is 8.00. The van der Waals surface area contributed by atoms with E-state index in [1.54, 1.807) is 48.5 Å². The van der Waals surface area contributed by atoms with Crippen molar-refractivity contribution in [3.63, 3.8) is 0 Å². The lowest BCUT2D eigenvalue weighted by atomic mass is 9.87. The second kappa shape index (κ2) is 9.79. The van der Waals surface area contributed by atoms with Crippen molar-refractivity contribution in [3.05, 3.63) is 87.2 Å². The number of aromatic nitrogens is 1. The van der Waals surface area contributed by atoms with Gasteiger partial charge < -0.3 is 19.6 Å². The Hall–Kier alpha value is -4.29. The van der Waals surface area contributed by atoms with Crippen molar-refractivity contribution in [2.75, 3.05) is 17.3 Å². The van der Waals surface area contributed by atoms with E-state index >= 15 is 0 Å². The van der Waals surface area contributed by atoms with Crippen molar-refractivity contribution >= 4 is 52.2 Å². The molecule has 0 spiro atoms. The second-order valence-corrected chi connectivity index (χ2v) is 11.1. The number of furan rings is 1. The van der Waals surface area contributed by atoms with Crippen molar-refractivity contribution in [1.82, 2.24) is 4.57 Å². The summed E-state index contributed by atoms with van der Waals surface area (Å²) in [6, 6.07) is 16.0. The molecule has 0 bridgehead atoms. The number of carbonyl (C=O) groups excluding carboxylic acids is 3. The molecule has 0 radical (unpaired) electrons. The van der Waals surface area contributed by atoms with E-state index in [9.17, 15) is 24.3 Å². The minimum Gasteiger partial charge on any atom is -0.508 e. The number of thioether (sulfide) groups is 1. The van der Waals surface area contributed by atoms with Crippen LogP contribution in [-0.4, -0.2) is 39.8 Å². The molecule has 1 fully saturated rings. The van der Waals surface area contributed by atoms with E-state index in [0.29, 0.717) is 32.8 Å². The largest absolute Gasteiger partial charge is 0.508 e. The number of amides is 3. The highest BCUT2D eigenvalue weighted by Crippen LogP contribution is 2.54. The Labute approximate surface area is 229 Å². The maximum absolute atomic E-state index is 13.8. The van der Waals surface area contributed by atoms with Gasteiger partial charge in [-0.2, -0.15) is 0 Å². The van der Waals surface area contributed by atoms with E-state index in [0.717, 1.165) is 23.1 Å². The van der Waals surface area contributed by atoms with E-state index in [4.69, 9.17) is 9.15 Å². The molecule has 3 atom stereocenters. The lowest BCUT2D eigenvalue weighted by Crippen LogP contribution is -2.32. The number of benzene rings is 2. The first-order valence-corrected chi connectivity index (χ1v) is 13.6. The summed E-state index contributed by atoms with van der Waals surface area (Å²) in [5, 5.41) is 11.8. The Bertz CT molecular complexity index is 1630. The SMILES string of the molecule is COc1ccc(N2C(=O)[C@H]3[C@H](c4ccco4)c4sc(=O)n(CC(=O)Nc5ccc(O)cc5)c4S[C@H]3C2=O)cc1. The van der Waals surface area contributed by atoms with Crippen LogP contribution in [0.4, 0.5) is 11.4 Å². The van der Waals surface area contributed by atoms with Gasteiger partial charge in [0, 0.05) is 5.69 Å². The molecule has 4 heterocycles. The fourth-order valence-electron chi connectivity index (χ4n) is 4.90. The Balaban J connectivity index is 1.36. The maximum Gasteiger partial charge on any atom is 0.308 e. The zero-order chi connectivity index (χ0) is 27.3. The molecule has 2 aromatic carbocycles. The van der Waals surface area contributed by atoms with Crippen LogP contribution in [0.2, 0.25) is 0 Å². The first kappa shape index (κ1) is 25.0. The number of rotatable bonds is 6. The molecule has 0 unspecified atom stereocenters. The minimum absolute atomic E-state index is 0.0607. The number of hydrogen-bond donors (Lipinski definition) is 2. The number of carbonyl (C=O) groups is 3. The van der Waals surface area contributed by atoms with Crippen LogP contribution in [0.1, 0.15) is 16.6 Å². The van der Waals surface area contributed by atoms with Crippen LogP contribution in [0.3, 0.4) is 0 Å². The molecule has 6 rings (SSSR count). The number of nitrogens with zero attached hydrogens (tertiary/aromatic N) is 2. The summed E-state index contributed by atoms with van der Waals surface area (Å²) in [5.41, 5.74) is 0.885. The van der Waals surface area contributed by atoms with Crippen molar-refractivity contribution in [1.29, 1.82) is 0 Å². The summed E-state index contributed by atoms with van der Waals surface area (Å²) >= 11 is 2.07. The number of ether oxygens (including phenoxy) is 1. The standard InChI is InChI=1S/C27H21N3O7S2/c1-36-17-10-6-15(7-11-17)30-24(33)21-20(18-3-2-12-37-18)23-26(38-22(21)25(30)34)29(27(35)39-23)13-19(32)28-14-4-8-16(31)9-5-14/h2-12,20-22,31H,13H2,1H3,(H,28,32)/t20-,21-,22+/m0/s1. The molecule has 4 aromatic rings. The zero-order valence-electron chi connectivity index (χ0n) is 20.4. The monoisotopic (exact) mass is 563 g/mol. The average molecular weight is 564 g/mol. The van der Waals surface area contributed by atoms with Gasteiger partial charge in [0.25, 0.3) is 0 Å². The predicted octanol–water partition coefficient (Wildman–Crippen LogP) is 3.65. The number of aromatic hydroxyl groups is 1. The second-order valence-electron chi connectivity index (χ2n) is 8.99. The van der Waals surface area contributed by atoms with Crippen LogP contribution in [0.15, 0.2) is 81.2 Å². The number of imide groups is 1.